The lowest BCUT2D eigenvalue weighted by atomic mass is 9.97. The third kappa shape index (κ3) is 5.14. The molecule has 9 heteroatoms. The van der Waals surface area contributed by atoms with E-state index in [1.165, 1.54) is 12.2 Å². The molecule has 0 saturated carbocycles. The number of aromatic nitrogens is 2. The predicted octanol–water partition coefficient (Wildman–Crippen LogP) is 2.35. The molecule has 1 saturated heterocycles. The van der Waals surface area contributed by atoms with Crippen molar-refractivity contribution in [2.75, 3.05) is 26.3 Å². The second-order valence-electron chi connectivity index (χ2n) is 6.56. The number of hydrogen-bond donors (Lipinski definition) is 0. The second-order valence-corrected chi connectivity index (χ2v) is 6.92. The summed E-state index contributed by atoms with van der Waals surface area (Å²) in [5.74, 6) is -1.34. The number of imidazole rings is 1. The number of rotatable bonds is 6. The SMILES string of the molecule is CCOC(=O)C1CCN(C(=O)COC(=O)/C=C/c2c(Cl)nc3ccccn23)CC1. The molecule has 1 amide bonds. The molecule has 0 radical (unpaired) electrons. The highest BCUT2D eigenvalue weighted by atomic mass is 35.5. The lowest BCUT2D eigenvalue weighted by Gasteiger charge is -2.30. The maximum Gasteiger partial charge on any atom is 0.331 e. The third-order valence-electron chi connectivity index (χ3n) is 4.70. The first-order chi connectivity index (χ1) is 14.0. The quantitative estimate of drug-likeness (QED) is 0.527. The Kier molecular flexibility index (Phi) is 6.87. The van der Waals surface area contributed by atoms with Crippen LogP contribution in [0.5, 0.6) is 0 Å². The van der Waals surface area contributed by atoms with Crippen molar-refractivity contribution in [2.45, 2.75) is 19.8 Å². The molecule has 3 heterocycles. The summed E-state index contributed by atoms with van der Waals surface area (Å²) in [6, 6.07) is 5.46. The largest absolute Gasteiger partial charge is 0.466 e. The molecule has 0 bridgehead atoms. The Morgan fingerprint density at radius 1 is 1.24 bits per heavy atom. The molecule has 0 atom stereocenters. The van der Waals surface area contributed by atoms with Crippen LogP contribution in [-0.4, -0.2) is 58.4 Å². The molecule has 2 aromatic heterocycles. The molecular formula is C20H22ClN3O5. The van der Waals surface area contributed by atoms with E-state index in [4.69, 9.17) is 21.1 Å². The van der Waals surface area contributed by atoms with E-state index in [-0.39, 0.29) is 29.6 Å². The van der Waals surface area contributed by atoms with Gasteiger partial charge in [0.25, 0.3) is 5.91 Å². The van der Waals surface area contributed by atoms with Crippen LogP contribution in [-0.2, 0) is 23.9 Å². The fraction of sp³-hybridized carbons (Fsp3) is 0.400. The highest BCUT2D eigenvalue weighted by Crippen LogP contribution is 2.20. The van der Waals surface area contributed by atoms with Gasteiger partial charge in [-0.15, -0.1) is 0 Å². The molecule has 0 aromatic carbocycles. The van der Waals surface area contributed by atoms with Crippen molar-refractivity contribution in [1.82, 2.24) is 14.3 Å². The lowest BCUT2D eigenvalue weighted by Crippen LogP contribution is -2.42. The van der Waals surface area contributed by atoms with E-state index >= 15 is 0 Å². The van der Waals surface area contributed by atoms with E-state index < -0.39 is 5.97 Å². The number of likely N-dealkylation sites (tertiary alicyclic amines) is 1. The number of pyridine rings is 1. The Morgan fingerprint density at radius 3 is 2.72 bits per heavy atom. The van der Waals surface area contributed by atoms with Gasteiger partial charge >= 0.3 is 11.9 Å². The molecule has 0 aliphatic carbocycles. The fourth-order valence-corrected chi connectivity index (χ4v) is 3.42. The Bertz CT molecular complexity index is 931. The zero-order valence-electron chi connectivity index (χ0n) is 16.0. The maximum atomic E-state index is 12.2. The minimum absolute atomic E-state index is 0.181. The summed E-state index contributed by atoms with van der Waals surface area (Å²) in [4.78, 5) is 41.7. The number of nitrogens with zero attached hydrogens (tertiary/aromatic N) is 3. The zero-order chi connectivity index (χ0) is 20.8. The van der Waals surface area contributed by atoms with Gasteiger partial charge in [-0.1, -0.05) is 17.7 Å². The van der Waals surface area contributed by atoms with Crippen LogP contribution >= 0.6 is 11.6 Å². The molecular weight excluding hydrogens is 398 g/mol. The lowest BCUT2D eigenvalue weighted by molar-refractivity contribution is -0.153. The molecule has 29 heavy (non-hydrogen) atoms. The molecule has 1 aliphatic rings. The number of halogens is 1. The molecule has 8 nitrogen and oxygen atoms in total. The van der Waals surface area contributed by atoms with Crippen molar-refractivity contribution in [3.05, 3.63) is 41.3 Å². The van der Waals surface area contributed by atoms with E-state index in [0.29, 0.717) is 43.9 Å². The highest BCUT2D eigenvalue weighted by molar-refractivity contribution is 6.31. The smallest absolute Gasteiger partial charge is 0.331 e. The topological polar surface area (TPSA) is 90.2 Å². The summed E-state index contributed by atoms with van der Waals surface area (Å²) in [6.45, 7) is 2.64. The van der Waals surface area contributed by atoms with Gasteiger partial charge in [-0.3, -0.25) is 14.0 Å². The maximum absolute atomic E-state index is 12.2. The molecule has 154 valence electrons. The summed E-state index contributed by atoms with van der Waals surface area (Å²) < 4.78 is 11.8. The number of fused-ring (bicyclic) bond motifs is 1. The predicted molar refractivity (Wildman–Crippen MR) is 106 cm³/mol. The zero-order valence-corrected chi connectivity index (χ0v) is 16.8. The molecule has 1 aliphatic heterocycles. The first-order valence-corrected chi connectivity index (χ1v) is 9.79. The monoisotopic (exact) mass is 419 g/mol. The molecule has 3 rings (SSSR count). The van der Waals surface area contributed by atoms with Crippen molar-refractivity contribution < 1.29 is 23.9 Å². The van der Waals surface area contributed by atoms with Gasteiger partial charge in [0.05, 0.1) is 18.2 Å². The minimum Gasteiger partial charge on any atom is -0.466 e. The van der Waals surface area contributed by atoms with Crippen molar-refractivity contribution in [1.29, 1.82) is 0 Å². The molecule has 1 fully saturated rings. The van der Waals surface area contributed by atoms with Crippen LogP contribution in [0, 0.1) is 5.92 Å². The number of carbonyl (C=O) groups is 3. The normalized spacial score (nSPS) is 15.0. The summed E-state index contributed by atoms with van der Waals surface area (Å²) in [5.41, 5.74) is 1.21. The number of ether oxygens (including phenoxy) is 2. The molecule has 2 aromatic rings. The van der Waals surface area contributed by atoms with Crippen LogP contribution in [0.3, 0.4) is 0 Å². The number of hydrogen-bond acceptors (Lipinski definition) is 6. The van der Waals surface area contributed by atoms with E-state index in [0.717, 1.165) is 0 Å². The van der Waals surface area contributed by atoms with E-state index in [1.807, 2.05) is 12.1 Å². The Labute approximate surface area is 173 Å². The summed E-state index contributed by atoms with van der Waals surface area (Å²) >= 11 is 6.10. The molecule has 0 spiro atoms. The summed E-state index contributed by atoms with van der Waals surface area (Å²) in [7, 11) is 0. The van der Waals surface area contributed by atoms with Gasteiger partial charge in [-0.05, 0) is 38.0 Å². The first kappa shape index (κ1) is 20.9. The average molecular weight is 420 g/mol. The van der Waals surface area contributed by atoms with Crippen LogP contribution < -0.4 is 0 Å². The van der Waals surface area contributed by atoms with Gasteiger partial charge in [0.1, 0.15) is 5.65 Å². The number of esters is 2. The van der Waals surface area contributed by atoms with Crippen molar-refractivity contribution >= 4 is 41.2 Å². The molecule has 0 N–H and O–H groups in total. The molecule has 0 unspecified atom stereocenters. The van der Waals surface area contributed by atoms with Crippen LogP contribution in [0.1, 0.15) is 25.5 Å². The van der Waals surface area contributed by atoms with E-state index in [1.54, 1.807) is 28.5 Å². The minimum atomic E-state index is -0.651. The number of amides is 1. The van der Waals surface area contributed by atoms with Crippen molar-refractivity contribution in [3.63, 3.8) is 0 Å². The highest BCUT2D eigenvalue weighted by Gasteiger charge is 2.28. The van der Waals surface area contributed by atoms with E-state index in [2.05, 4.69) is 4.98 Å². The van der Waals surface area contributed by atoms with Gasteiger partial charge in [-0.25, -0.2) is 9.78 Å². The Morgan fingerprint density at radius 2 is 2.00 bits per heavy atom. The number of carbonyl (C=O) groups excluding carboxylic acids is 3. The van der Waals surface area contributed by atoms with Crippen LogP contribution in [0.2, 0.25) is 5.15 Å². The fourth-order valence-electron chi connectivity index (χ4n) is 3.18. The summed E-state index contributed by atoms with van der Waals surface area (Å²) in [6.07, 6.45) is 5.58. The van der Waals surface area contributed by atoms with Crippen LogP contribution in [0.25, 0.3) is 11.7 Å². The average Bonchev–Trinajstić information content (AvgIpc) is 3.05. The summed E-state index contributed by atoms with van der Waals surface area (Å²) in [5, 5.41) is 0.265. The Hall–Kier alpha value is -2.87. The van der Waals surface area contributed by atoms with E-state index in [9.17, 15) is 14.4 Å². The van der Waals surface area contributed by atoms with Gasteiger partial charge < -0.3 is 14.4 Å². The van der Waals surface area contributed by atoms with Gasteiger partial charge in [0.2, 0.25) is 0 Å². The Balaban J connectivity index is 1.48. The van der Waals surface area contributed by atoms with Crippen LogP contribution in [0.15, 0.2) is 30.5 Å². The van der Waals surface area contributed by atoms with Gasteiger partial charge in [0.15, 0.2) is 11.8 Å². The standard InChI is InChI=1S/C20H22ClN3O5/c1-2-28-20(27)14-8-11-23(12-9-14)17(25)13-29-18(26)7-6-15-19(21)22-16-5-3-4-10-24(15)16/h3-7,10,14H,2,8-9,11-13H2,1H3/b7-6+. The van der Waals surface area contributed by atoms with Gasteiger partial charge in [0, 0.05) is 25.4 Å². The van der Waals surface area contributed by atoms with Gasteiger partial charge in [-0.2, -0.15) is 0 Å². The van der Waals surface area contributed by atoms with Crippen molar-refractivity contribution in [3.8, 4) is 0 Å². The first-order valence-electron chi connectivity index (χ1n) is 9.41. The van der Waals surface area contributed by atoms with Crippen LogP contribution in [0.4, 0.5) is 0 Å². The second kappa shape index (κ2) is 9.56. The number of piperidine rings is 1. The third-order valence-corrected chi connectivity index (χ3v) is 4.98. The van der Waals surface area contributed by atoms with Crippen molar-refractivity contribution in [2.24, 2.45) is 5.92 Å².